The van der Waals surface area contributed by atoms with Gasteiger partial charge in [-0.05, 0) is 41.5 Å². The number of thioether (sulfide) groups is 1. The number of hydrogen-bond donors (Lipinski definition) is 0. The zero-order valence-electron chi connectivity index (χ0n) is 19.4. The average molecular weight is 548 g/mol. The van der Waals surface area contributed by atoms with Crippen LogP contribution in [0.2, 0.25) is 5.02 Å². The number of nitrogens with zero attached hydrogens (tertiary/aromatic N) is 3. The lowest BCUT2D eigenvalue weighted by Crippen LogP contribution is -2.29. The molecule has 37 heavy (non-hydrogen) atoms. The topological polar surface area (TPSA) is 85.5 Å². The number of aromatic nitrogens is 2. The molecule has 0 radical (unpaired) electrons. The number of ether oxygens (including phenoxy) is 1. The molecule has 1 aliphatic rings. The quantitative estimate of drug-likeness (QED) is 0.181. The monoisotopic (exact) mass is 547 g/mol. The number of benzene rings is 3. The lowest BCUT2D eigenvalue weighted by molar-refractivity contribution is 0.0970. The summed E-state index contributed by atoms with van der Waals surface area (Å²) in [5, 5.41) is 9.74. The lowest BCUT2D eigenvalue weighted by Gasteiger charge is -2.22. The Morgan fingerprint density at radius 2 is 1.89 bits per heavy atom. The van der Waals surface area contributed by atoms with Gasteiger partial charge in [-0.1, -0.05) is 77.2 Å². The van der Waals surface area contributed by atoms with E-state index < -0.39 is 11.9 Å². The van der Waals surface area contributed by atoms with Crippen molar-refractivity contribution in [1.82, 2.24) is 10.2 Å². The number of methoxy groups -OCH3 is 1. The van der Waals surface area contributed by atoms with Crippen LogP contribution in [0.4, 0.5) is 5.13 Å². The van der Waals surface area contributed by atoms with Crippen LogP contribution in [0.25, 0.3) is 11.0 Å². The molecule has 0 spiro atoms. The van der Waals surface area contributed by atoms with E-state index in [0.717, 1.165) is 11.3 Å². The third kappa shape index (κ3) is 4.29. The van der Waals surface area contributed by atoms with Crippen molar-refractivity contribution in [2.45, 2.75) is 16.1 Å². The van der Waals surface area contributed by atoms with E-state index in [1.165, 1.54) is 28.0 Å². The summed E-state index contributed by atoms with van der Waals surface area (Å²) in [6.45, 7) is 0. The lowest BCUT2D eigenvalue weighted by atomic mass is 9.98. The number of carbonyl (C=O) groups excluding carboxylic acids is 1. The fourth-order valence-electron chi connectivity index (χ4n) is 4.35. The molecule has 0 bridgehead atoms. The number of amides is 1. The van der Waals surface area contributed by atoms with E-state index in [1.807, 2.05) is 42.5 Å². The van der Waals surface area contributed by atoms with Crippen LogP contribution in [-0.4, -0.2) is 23.2 Å². The highest BCUT2D eigenvalue weighted by Crippen LogP contribution is 2.44. The van der Waals surface area contributed by atoms with E-state index in [4.69, 9.17) is 20.8 Å². The molecule has 2 aromatic heterocycles. The Morgan fingerprint density at radius 1 is 1.05 bits per heavy atom. The van der Waals surface area contributed by atoms with Crippen molar-refractivity contribution in [2.24, 2.45) is 0 Å². The van der Waals surface area contributed by atoms with Crippen LogP contribution in [0.15, 0.2) is 86.3 Å². The summed E-state index contributed by atoms with van der Waals surface area (Å²) in [7, 11) is 1.56. The molecule has 7 nitrogen and oxygen atoms in total. The van der Waals surface area contributed by atoms with Gasteiger partial charge in [-0.25, -0.2) is 0 Å². The first-order chi connectivity index (χ1) is 18.0. The Hall–Kier alpha value is -3.66. The molecule has 5 aromatic rings. The summed E-state index contributed by atoms with van der Waals surface area (Å²) >= 11 is 9.00. The molecule has 6 rings (SSSR count). The van der Waals surface area contributed by atoms with Crippen LogP contribution >= 0.6 is 34.7 Å². The minimum absolute atomic E-state index is 0.0127. The van der Waals surface area contributed by atoms with Crippen molar-refractivity contribution in [3.63, 3.8) is 0 Å². The van der Waals surface area contributed by atoms with Crippen LogP contribution < -0.4 is 15.1 Å². The number of halogens is 1. The van der Waals surface area contributed by atoms with Crippen molar-refractivity contribution >= 4 is 56.7 Å². The van der Waals surface area contributed by atoms with Crippen LogP contribution in [-0.2, 0) is 5.75 Å². The predicted molar refractivity (Wildman–Crippen MR) is 145 cm³/mol. The SMILES string of the molecule is COc1cccc(C2c3c(oc4ccc(Cl)cc4c3=O)C(=O)N2c2nnc(SCc3ccccc3)s2)c1. The highest BCUT2D eigenvalue weighted by molar-refractivity contribution is 8.00. The first-order valence-corrected chi connectivity index (χ1v) is 13.5. The Labute approximate surface area is 224 Å². The van der Waals surface area contributed by atoms with Crippen LogP contribution in [0, 0.1) is 0 Å². The molecule has 0 aliphatic carbocycles. The zero-order chi connectivity index (χ0) is 25.5. The van der Waals surface area contributed by atoms with Gasteiger partial charge in [0.2, 0.25) is 10.9 Å². The maximum absolute atomic E-state index is 13.8. The predicted octanol–water partition coefficient (Wildman–Crippen LogP) is 6.35. The standard InChI is InChI=1S/C27H18ClN3O4S2/c1-34-18-9-5-8-16(12-18)22-21-23(32)19-13-17(28)10-11-20(19)35-24(21)25(33)31(22)26-29-30-27(37-26)36-14-15-6-3-2-4-7-15/h2-13,22H,14H2,1H3. The van der Waals surface area contributed by atoms with Gasteiger partial charge in [0.15, 0.2) is 9.77 Å². The molecule has 10 heteroatoms. The second-order valence-corrected chi connectivity index (χ2v) is 10.9. The van der Waals surface area contributed by atoms with E-state index in [0.29, 0.717) is 36.8 Å². The molecule has 0 fully saturated rings. The van der Waals surface area contributed by atoms with E-state index in [-0.39, 0.29) is 16.8 Å². The van der Waals surface area contributed by atoms with Gasteiger partial charge in [0.05, 0.1) is 24.1 Å². The minimum Gasteiger partial charge on any atom is -0.497 e. The van der Waals surface area contributed by atoms with Gasteiger partial charge in [-0.2, -0.15) is 0 Å². The van der Waals surface area contributed by atoms with Gasteiger partial charge in [0.25, 0.3) is 5.91 Å². The van der Waals surface area contributed by atoms with Crippen molar-refractivity contribution in [3.05, 3.63) is 110 Å². The summed E-state index contributed by atoms with van der Waals surface area (Å²) in [5.74, 6) is 0.853. The van der Waals surface area contributed by atoms with E-state index in [9.17, 15) is 9.59 Å². The molecule has 1 amide bonds. The molecule has 3 heterocycles. The van der Waals surface area contributed by atoms with Crippen LogP contribution in [0.5, 0.6) is 5.75 Å². The van der Waals surface area contributed by atoms with Gasteiger partial charge >= 0.3 is 0 Å². The van der Waals surface area contributed by atoms with Crippen molar-refractivity contribution < 1.29 is 13.9 Å². The molecule has 0 saturated carbocycles. The van der Waals surface area contributed by atoms with Crippen molar-refractivity contribution in [1.29, 1.82) is 0 Å². The summed E-state index contributed by atoms with van der Waals surface area (Å²) in [5.41, 5.74) is 2.06. The molecule has 3 aromatic carbocycles. The van der Waals surface area contributed by atoms with Crippen LogP contribution in [0.1, 0.15) is 33.3 Å². The van der Waals surface area contributed by atoms with Gasteiger partial charge in [0, 0.05) is 10.8 Å². The number of hydrogen-bond acceptors (Lipinski definition) is 8. The third-order valence-electron chi connectivity index (χ3n) is 6.05. The van der Waals surface area contributed by atoms with Crippen molar-refractivity contribution in [2.75, 3.05) is 12.0 Å². The van der Waals surface area contributed by atoms with Crippen LogP contribution in [0.3, 0.4) is 0 Å². The number of anilines is 1. The smallest absolute Gasteiger partial charge is 0.297 e. The van der Waals surface area contributed by atoms with Gasteiger partial charge in [0.1, 0.15) is 11.3 Å². The van der Waals surface area contributed by atoms with Gasteiger partial charge < -0.3 is 9.15 Å². The molecule has 0 N–H and O–H groups in total. The molecular weight excluding hydrogens is 530 g/mol. The summed E-state index contributed by atoms with van der Waals surface area (Å²) < 4.78 is 12.1. The van der Waals surface area contributed by atoms with Gasteiger partial charge in [-0.3, -0.25) is 14.5 Å². The van der Waals surface area contributed by atoms with E-state index >= 15 is 0 Å². The largest absolute Gasteiger partial charge is 0.497 e. The fraction of sp³-hybridized carbons (Fsp3) is 0.111. The Bertz CT molecular complexity index is 1700. The first-order valence-electron chi connectivity index (χ1n) is 11.3. The molecule has 0 saturated heterocycles. The number of carbonyl (C=O) groups is 1. The van der Waals surface area contributed by atoms with Crippen molar-refractivity contribution in [3.8, 4) is 5.75 Å². The Morgan fingerprint density at radius 3 is 2.70 bits per heavy atom. The molecule has 1 unspecified atom stereocenters. The molecule has 184 valence electrons. The highest BCUT2D eigenvalue weighted by Gasteiger charge is 2.45. The summed E-state index contributed by atoms with van der Waals surface area (Å²) in [6, 6.07) is 21.3. The summed E-state index contributed by atoms with van der Waals surface area (Å²) in [6.07, 6.45) is 0. The Balaban J connectivity index is 1.46. The molecule has 1 aliphatic heterocycles. The number of rotatable bonds is 6. The average Bonchev–Trinajstić information content (AvgIpc) is 3.51. The molecular formula is C27H18ClN3O4S2. The highest BCUT2D eigenvalue weighted by atomic mass is 35.5. The second kappa shape index (κ2) is 9.66. The normalized spacial score (nSPS) is 14.8. The third-order valence-corrected chi connectivity index (χ3v) is 8.41. The summed E-state index contributed by atoms with van der Waals surface area (Å²) in [4.78, 5) is 29.0. The maximum atomic E-state index is 13.8. The maximum Gasteiger partial charge on any atom is 0.297 e. The minimum atomic E-state index is -0.767. The number of fused-ring (bicyclic) bond motifs is 2. The van der Waals surface area contributed by atoms with E-state index in [1.54, 1.807) is 37.4 Å². The van der Waals surface area contributed by atoms with Gasteiger partial charge in [-0.15, -0.1) is 10.2 Å². The fourth-order valence-corrected chi connectivity index (χ4v) is 6.34. The first kappa shape index (κ1) is 23.7. The second-order valence-electron chi connectivity index (χ2n) is 8.29. The Kier molecular flexibility index (Phi) is 6.19. The zero-order valence-corrected chi connectivity index (χ0v) is 21.8. The molecule has 1 atom stereocenters. The van der Waals surface area contributed by atoms with E-state index in [2.05, 4.69) is 10.2 Å².